The molecule has 5 heteroatoms. The van der Waals surface area contributed by atoms with E-state index in [-0.39, 0.29) is 6.03 Å². The van der Waals surface area contributed by atoms with Crippen molar-refractivity contribution in [2.24, 2.45) is 0 Å². The largest absolute Gasteiger partial charge is 0.359 e. The van der Waals surface area contributed by atoms with E-state index in [1.807, 2.05) is 42.6 Å². The first-order valence-corrected chi connectivity index (χ1v) is 8.38. The van der Waals surface area contributed by atoms with Crippen LogP contribution < -0.4 is 10.6 Å². The summed E-state index contributed by atoms with van der Waals surface area (Å²) in [6.07, 6.45) is 1.81. The molecule has 2 amide bonds. The van der Waals surface area contributed by atoms with Crippen LogP contribution in [0.1, 0.15) is 5.69 Å². The number of aromatic amines is 1. The molecule has 4 aromatic rings. The van der Waals surface area contributed by atoms with E-state index >= 15 is 0 Å². The molecule has 0 aliphatic rings. The van der Waals surface area contributed by atoms with Crippen LogP contribution in [0, 0.1) is 6.92 Å². The van der Waals surface area contributed by atoms with Crippen LogP contribution in [0.2, 0.25) is 0 Å². The molecule has 0 saturated heterocycles. The van der Waals surface area contributed by atoms with Crippen LogP contribution in [0.15, 0.2) is 60.8 Å². The molecule has 0 atom stereocenters. The van der Waals surface area contributed by atoms with Gasteiger partial charge in [-0.15, -0.1) is 0 Å². The van der Waals surface area contributed by atoms with Gasteiger partial charge >= 0.3 is 6.03 Å². The van der Waals surface area contributed by atoms with E-state index in [1.54, 1.807) is 0 Å². The number of fused-ring (bicyclic) bond motifs is 2. The standard InChI is InChI=1S/C20H20N4O/c1-14-12-15-6-2-5-9-19(15)24(14)11-10-21-20(25)23-18-13-22-17-8-4-3-7-16(17)18/h2-9,12-13,22H,10-11H2,1H3,(H2,21,23,25). The highest BCUT2D eigenvalue weighted by molar-refractivity contribution is 6.00. The average Bonchev–Trinajstić information content (AvgIpc) is 3.16. The number of H-pyrrole nitrogens is 1. The van der Waals surface area contributed by atoms with Gasteiger partial charge in [0.15, 0.2) is 0 Å². The van der Waals surface area contributed by atoms with Gasteiger partial charge < -0.3 is 20.2 Å². The molecule has 2 aromatic carbocycles. The average molecular weight is 332 g/mol. The molecule has 0 aliphatic carbocycles. The lowest BCUT2D eigenvalue weighted by molar-refractivity contribution is 0.251. The van der Waals surface area contributed by atoms with E-state index in [1.165, 1.54) is 16.6 Å². The predicted molar refractivity (Wildman–Crippen MR) is 102 cm³/mol. The van der Waals surface area contributed by atoms with E-state index < -0.39 is 0 Å². The second kappa shape index (κ2) is 6.36. The van der Waals surface area contributed by atoms with Crippen molar-refractivity contribution in [2.45, 2.75) is 13.5 Å². The molecular formula is C20H20N4O. The molecule has 0 radical (unpaired) electrons. The van der Waals surface area contributed by atoms with Gasteiger partial charge in [0.1, 0.15) is 0 Å². The summed E-state index contributed by atoms with van der Waals surface area (Å²) in [7, 11) is 0. The van der Waals surface area contributed by atoms with Gasteiger partial charge in [0, 0.05) is 41.4 Å². The van der Waals surface area contributed by atoms with Gasteiger partial charge in [-0.05, 0) is 30.5 Å². The maximum absolute atomic E-state index is 12.2. The number of benzene rings is 2. The Morgan fingerprint density at radius 1 is 1.12 bits per heavy atom. The van der Waals surface area contributed by atoms with Crippen LogP contribution >= 0.6 is 0 Å². The Morgan fingerprint density at radius 3 is 2.84 bits per heavy atom. The first kappa shape index (κ1) is 15.3. The highest BCUT2D eigenvalue weighted by Gasteiger charge is 2.08. The first-order valence-electron chi connectivity index (χ1n) is 8.38. The molecule has 25 heavy (non-hydrogen) atoms. The Kier molecular flexibility index (Phi) is 3.90. The van der Waals surface area contributed by atoms with Crippen molar-refractivity contribution in [1.29, 1.82) is 0 Å². The van der Waals surface area contributed by atoms with Crippen molar-refractivity contribution in [3.05, 3.63) is 66.5 Å². The number of urea groups is 1. The minimum atomic E-state index is -0.195. The molecule has 0 spiro atoms. The number of rotatable bonds is 4. The predicted octanol–water partition coefficient (Wildman–Crippen LogP) is 4.25. The molecule has 5 nitrogen and oxygen atoms in total. The van der Waals surface area contributed by atoms with Gasteiger partial charge in [-0.2, -0.15) is 0 Å². The number of para-hydroxylation sites is 2. The third-order valence-electron chi connectivity index (χ3n) is 4.48. The number of carbonyl (C=O) groups excluding carboxylic acids is 1. The molecule has 0 unspecified atom stereocenters. The van der Waals surface area contributed by atoms with Crippen LogP contribution in [0.4, 0.5) is 10.5 Å². The topological polar surface area (TPSA) is 61.9 Å². The Labute approximate surface area is 145 Å². The van der Waals surface area contributed by atoms with Gasteiger partial charge in [-0.3, -0.25) is 0 Å². The van der Waals surface area contributed by atoms with Gasteiger partial charge in [0.25, 0.3) is 0 Å². The third kappa shape index (κ3) is 2.96. The summed E-state index contributed by atoms with van der Waals surface area (Å²) in [6, 6.07) is 18.2. The van der Waals surface area contributed by atoms with Crippen molar-refractivity contribution < 1.29 is 4.79 Å². The summed E-state index contributed by atoms with van der Waals surface area (Å²) >= 11 is 0. The van der Waals surface area contributed by atoms with Crippen molar-refractivity contribution in [2.75, 3.05) is 11.9 Å². The zero-order valence-electron chi connectivity index (χ0n) is 14.0. The number of nitrogens with one attached hydrogen (secondary N) is 3. The van der Waals surface area contributed by atoms with E-state index in [4.69, 9.17) is 0 Å². The van der Waals surface area contributed by atoms with Crippen LogP contribution in [0.25, 0.3) is 21.8 Å². The van der Waals surface area contributed by atoms with Gasteiger partial charge in [-0.1, -0.05) is 36.4 Å². The van der Waals surface area contributed by atoms with Gasteiger partial charge in [-0.25, -0.2) is 4.79 Å². The number of anilines is 1. The monoisotopic (exact) mass is 332 g/mol. The molecule has 0 bridgehead atoms. The smallest absolute Gasteiger partial charge is 0.319 e. The van der Waals surface area contributed by atoms with E-state index in [2.05, 4.69) is 45.3 Å². The third-order valence-corrected chi connectivity index (χ3v) is 4.48. The van der Waals surface area contributed by atoms with Crippen molar-refractivity contribution in [3.63, 3.8) is 0 Å². The summed E-state index contributed by atoms with van der Waals surface area (Å²) < 4.78 is 2.22. The zero-order chi connectivity index (χ0) is 17.2. The molecule has 2 aromatic heterocycles. The SMILES string of the molecule is Cc1cc2ccccc2n1CCNC(=O)Nc1c[nH]c2ccccc12. The van der Waals surface area contributed by atoms with Gasteiger partial charge in [0.05, 0.1) is 5.69 Å². The molecule has 126 valence electrons. The quantitative estimate of drug-likeness (QED) is 0.514. The minimum absolute atomic E-state index is 0.195. The molecule has 0 saturated carbocycles. The zero-order valence-corrected chi connectivity index (χ0v) is 14.0. The second-order valence-corrected chi connectivity index (χ2v) is 6.13. The summed E-state index contributed by atoms with van der Waals surface area (Å²) in [5.74, 6) is 0. The minimum Gasteiger partial charge on any atom is -0.359 e. The fourth-order valence-electron chi connectivity index (χ4n) is 3.27. The number of carbonyl (C=O) groups is 1. The number of amides is 2. The summed E-state index contributed by atoms with van der Waals surface area (Å²) in [4.78, 5) is 15.3. The molecular weight excluding hydrogens is 312 g/mol. The number of aromatic nitrogens is 2. The second-order valence-electron chi connectivity index (χ2n) is 6.13. The van der Waals surface area contributed by atoms with Crippen LogP contribution in [0.3, 0.4) is 0 Å². The fourth-order valence-corrected chi connectivity index (χ4v) is 3.27. The Morgan fingerprint density at radius 2 is 1.92 bits per heavy atom. The van der Waals surface area contributed by atoms with Crippen molar-refractivity contribution in [1.82, 2.24) is 14.9 Å². The highest BCUT2D eigenvalue weighted by atomic mass is 16.2. The number of hydrogen-bond acceptors (Lipinski definition) is 1. The number of aryl methyl sites for hydroxylation is 1. The van der Waals surface area contributed by atoms with Gasteiger partial charge in [0.2, 0.25) is 0 Å². The maximum atomic E-state index is 12.2. The highest BCUT2D eigenvalue weighted by Crippen LogP contribution is 2.22. The van der Waals surface area contributed by atoms with Crippen LogP contribution in [0.5, 0.6) is 0 Å². The normalized spacial score (nSPS) is 11.1. The molecule has 3 N–H and O–H groups in total. The Hall–Kier alpha value is -3.21. The number of nitrogens with zero attached hydrogens (tertiary/aromatic N) is 1. The van der Waals surface area contributed by atoms with E-state index in [9.17, 15) is 4.79 Å². The van der Waals surface area contributed by atoms with Crippen LogP contribution in [-0.4, -0.2) is 22.1 Å². The van der Waals surface area contributed by atoms with E-state index in [0.29, 0.717) is 6.54 Å². The van der Waals surface area contributed by atoms with Crippen LogP contribution in [-0.2, 0) is 6.54 Å². The lowest BCUT2D eigenvalue weighted by Crippen LogP contribution is -2.31. The fraction of sp³-hybridized carbons (Fsp3) is 0.150. The number of hydrogen-bond donors (Lipinski definition) is 3. The molecule has 4 rings (SSSR count). The van der Waals surface area contributed by atoms with E-state index in [0.717, 1.165) is 23.1 Å². The maximum Gasteiger partial charge on any atom is 0.319 e. The van der Waals surface area contributed by atoms with Crippen molar-refractivity contribution in [3.8, 4) is 0 Å². The Balaban J connectivity index is 1.40. The summed E-state index contributed by atoms with van der Waals surface area (Å²) in [5, 5.41) is 8.07. The molecule has 0 fully saturated rings. The summed E-state index contributed by atoms with van der Waals surface area (Å²) in [6.45, 7) is 3.39. The lowest BCUT2D eigenvalue weighted by atomic mass is 10.2. The lowest BCUT2D eigenvalue weighted by Gasteiger charge is -2.10. The Bertz CT molecular complexity index is 1040. The first-order chi connectivity index (χ1) is 12.2. The van der Waals surface area contributed by atoms with Crippen molar-refractivity contribution >= 4 is 33.5 Å². The summed E-state index contributed by atoms with van der Waals surface area (Å²) in [5.41, 5.74) is 4.18. The molecule has 0 aliphatic heterocycles. The molecule has 2 heterocycles.